The first-order valence-corrected chi connectivity index (χ1v) is 7.69. The zero-order valence-corrected chi connectivity index (χ0v) is 12.9. The van der Waals surface area contributed by atoms with Crippen molar-refractivity contribution in [2.45, 2.75) is 45.2 Å². The fourth-order valence-electron chi connectivity index (χ4n) is 2.99. The maximum atomic E-state index is 12.1. The number of aromatic nitrogens is 2. The highest BCUT2D eigenvalue weighted by Gasteiger charge is 2.34. The Labute approximate surface area is 129 Å². The Bertz CT molecular complexity index is 631. The number of amides is 1. The predicted molar refractivity (Wildman–Crippen MR) is 82.1 cm³/mol. The third-order valence-corrected chi connectivity index (χ3v) is 4.11. The van der Waals surface area contributed by atoms with E-state index in [2.05, 4.69) is 29.4 Å². The molecule has 2 aromatic rings. The Kier molecular flexibility index (Phi) is 4.09. The summed E-state index contributed by atoms with van der Waals surface area (Å²) in [5.41, 5.74) is 0.588. The summed E-state index contributed by atoms with van der Waals surface area (Å²) < 4.78 is 5.25. The molecule has 0 spiro atoms. The van der Waals surface area contributed by atoms with E-state index in [4.69, 9.17) is 4.52 Å². The van der Waals surface area contributed by atoms with Crippen molar-refractivity contribution in [2.75, 3.05) is 10.3 Å². The van der Waals surface area contributed by atoms with Crippen molar-refractivity contribution >= 4 is 11.8 Å². The van der Waals surface area contributed by atoms with Crippen LogP contribution in [0.25, 0.3) is 0 Å². The molecule has 2 atom stereocenters. The second kappa shape index (κ2) is 6.17. The fourth-order valence-corrected chi connectivity index (χ4v) is 2.99. The first kappa shape index (κ1) is 14.6. The third-order valence-electron chi connectivity index (χ3n) is 4.11. The molecule has 1 aromatic carbocycles. The van der Waals surface area contributed by atoms with Gasteiger partial charge in [0.15, 0.2) is 0 Å². The molecule has 1 aliphatic rings. The van der Waals surface area contributed by atoms with Crippen LogP contribution in [0.15, 0.2) is 41.1 Å². The average Bonchev–Trinajstić information content (AvgIpc) is 2.96. The summed E-state index contributed by atoms with van der Waals surface area (Å²) in [6, 6.07) is 9.84. The minimum Gasteiger partial charge on any atom is -0.285 e. The SMILES string of the molecule is CC1CCCC(C)N1[n+]1cc(NC(=O)c2ccccc2)on1. The molecule has 1 N–H and O–H groups in total. The highest BCUT2D eigenvalue weighted by atomic mass is 16.5. The molecule has 0 radical (unpaired) electrons. The number of nitrogens with one attached hydrogen (secondary N) is 1. The van der Waals surface area contributed by atoms with Gasteiger partial charge in [0.2, 0.25) is 5.27 Å². The van der Waals surface area contributed by atoms with Crippen LogP contribution < -0.4 is 15.1 Å². The third kappa shape index (κ3) is 2.95. The van der Waals surface area contributed by atoms with Crippen LogP contribution in [0.2, 0.25) is 0 Å². The first-order chi connectivity index (χ1) is 10.6. The molecule has 1 aliphatic heterocycles. The van der Waals surface area contributed by atoms with E-state index >= 15 is 0 Å². The lowest BCUT2D eigenvalue weighted by Gasteiger charge is -2.31. The smallest absolute Gasteiger partial charge is 0.285 e. The Balaban J connectivity index is 1.72. The van der Waals surface area contributed by atoms with E-state index in [1.54, 1.807) is 23.1 Å². The standard InChI is InChI=1S/C16H20N4O2/c1-12-7-6-8-13(2)20(12)19-11-15(22-18-19)17-16(21)14-9-4-3-5-10-14/h3-5,9-13H,6-8H2,1-2H3/p+1. The minimum atomic E-state index is -0.205. The predicted octanol–water partition coefficient (Wildman–Crippen LogP) is 2.11. The van der Waals surface area contributed by atoms with Gasteiger partial charge in [0.25, 0.3) is 12.1 Å². The van der Waals surface area contributed by atoms with E-state index < -0.39 is 0 Å². The van der Waals surface area contributed by atoms with Gasteiger partial charge in [-0.25, -0.2) is 0 Å². The molecule has 3 rings (SSSR count). The summed E-state index contributed by atoms with van der Waals surface area (Å²) in [6.07, 6.45) is 5.22. The lowest BCUT2D eigenvalue weighted by molar-refractivity contribution is -0.765. The lowest BCUT2D eigenvalue weighted by Crippen LogP contribution is -2.67. The van der Waals surface area contributed by atoms with Gasteiger partial charge in [0.05, 0.1) is 16.9 Å². The largest absolute Gasteiger partial charge is 0.306 e. The summed E-state index contributed by atoms with van der Waals surface area (Å²) in [6.45, 7) is 4.36. The molecule has 1 amide bonds. The number of carbonyl (C=O) groups is 1. The maximum Gasteiger partial charge on any atom is 0.306 e. The van der Waals surface area contributed by atoms with E-state index in [9.17, 15) is 4.79 Å². The summed E-state index contributed by atoms with van der Waals surface area (Å²) in [5.74, 6) is 0.141. The molecule has 116 valence electrons. The average molecular weight is 301 g/mol. The number of hydrogen-bond donors (Lipinski definition) is 1. The summed E-state index contributed by atoms with van der Waals surface area (Å²) in [7, 11) is 0. The van der Waals surface area contributed by atoms with Crippen molar-refractivity contribution in [2.24, 2.45) is 0 Å². The summed E-state index contributed by atoms with van der Waals surface area (Å²) >= 11 is 0. The van der Waals surface area contributed by atoms with Gasteiger partial charge in [-0.05, 0) is 45.2 Å². The van der Waals surface area contributed by atoms with Crippen LogP contribution >= 0.6 is 0 Å². The highest BCUT2D eigenvalue weighted by Crippen LogP contribution is 2.18. The number of benzene rings is 1. The molecule has 0 aliphatic carbocycles. The van der Waals surface area contributed by atoms with Gasteiger partial charge in [-0.2, -0.15) is 0 Å². The first-order valence-electron chi connectivity index (χ1n) is 7.69. The molecule has 1 aromatic heterocycles. The van der Waals surface area contributed by atoms with Gasteiger partial charge >= 0.3 is 5.88 Å². The van der Waals surface area contributed by atoms with E-state index in [-0.39, 0.29) is 5.91 Å². The van der Waals surface area contributed by atoms with Crippen LogP contribution in [-0.2, 0) is 0 Å². The fraction of sp³-hybridized carbons (Fsp3) is 0.438. The van der Waals surface area contributed by atoms with Crippen molar-refractivity contribution in [1.29, 1.82) is 0 Å². The van der Waals surface area contributed by atoms with Crippen LogP contribution in [0.1, 0.15) is 43.5 Å². The van der Waals surface area contributed by atoms with Crippen LogP contribution in [0.3, 0.4) is 0 Å². The minimum absolute atomic E-state index is 0.205. The van der Waals surface area contributed by atoms with Crippen molar-refractivity contribution < 1.29 is 14.1 Å². The number of anilines is 1. The van der Waals surface area contributed by atoms with Crippen molar-refractivity contribution in [3.63, 3.8) is 0 Å². The normalized spacial score (nSPS) is 21.6. The van der Waals surface area contributed by atoms with Gasteiger partial charge in [0.1, 0.15) is 0 Å². The second-order valence-electron chi connectivity index (χ2n) is 5.82. The number of carbonyl (C=O) groups excluding carboxylic acids is 1. The molecule has 2 heterocycles. The molecular weight excluding hydrogens is 280 g/mol. The molecule has 22 heavy (non-hydrogen) atoms. The van der Waals surface area contributed by atoms with Gasteiger partial charge in [-0.3, -0.25) is 14.6 Å². The monoisotopic (exact) mass is 301 g/mol. The topological polar surface area (TPSA) is 62.2 Å². The summed E-state index contributed by atoms with van der Waals surface area (Å²) in [4.78, 5) is 13.8. The van der Waals surface area contributed by atoms with Crippen molar-refractivity contribution in [3.8, 4) is 0 Å². The van der Waals surface area contributed by atoms with Crippen LogP contribution in [0.4, 0.5) is 5.88 Å². The molecule has 0 bridgehead atoms. The Hall–Kier alpha value is -2.37. The molecule has 6 nitrogen and oxygen atoms in total. The van der Waals surface area contributed by atoms with Crippen LogP contribution in [0.5, 0.6) is 0 Å². The van der Waals surface area contributed by atoms with E-state index in [1.807, 2.05) is 18.2 Å². The molecule has 6 heteroatoms. The molecule has 1 saturated heterocycles. The number of piperidine rings is 1. The Morgan fingerprint density at radius 2 is 1.95 bits per heavy atom. The Morgan fingerprint density at radius 1 is 1.27 bits per heavy atom. The Morgan fingerprint density at radius 3 is 2.64 bits per heavy atom. The number of hydrogen-bond acceptors (Lipinski definition) is 4. The van der Waals surface area contributed by atoms with Gasteiger partial charge < -0.3 is 0 Å². The van der Waals surface area contributed by atoms with Gasteiger partial charge in [-0.15, -0.1) is 5.01 Å². The molecular formula is C16H21N4O2+. The zero-order valence-electron chi connectivity index (χ0n) is 12.9. The van der Waals surface area contributed by atoms with E-state index in [1.165, 1.54) is 6.42 Å². The quantitative estimate of drug-likeness (QED) is 0.882. The van der Waals surface area contributed by atoms with Gasteiger partial charge in [-0.1, -0.05) is 18.2 Å². The van der Waals surface area contributed by atoms with E-state index in [0.717, 1.165) is 12.8 Å². The van der Waals surface area contributed by atoms with E-state index in [0.29, 0.717) is 23.5 Å². The number of nitrogens with zero attached hydrogens (tertiary/aromatic N) is 3. The van der Waals surface area contributed by atoms with Crippen molar-refractivity contribution in [3.05, 3.63) is 42.1 Å². The van der Waals surface area contributed by atoms with Gasteiger partial charge in [0, 0.05) is 5.56 Å². The zero-order chi connectivity index (χ0) is 15.5. The molecule has 1 fully saturated rings. The summed E-state index contributed by atoms with van der Waals surface area (Å²) in [5, 5.41) is 8.96. The maximum absolute atomic E-state index is 12.1. The molecule has 0 saturated carbocycles. The van der Waals surface area contributed by atoms with Crippen LogP contribution in [-0.4, -0.2) is 23.3 Å². The van der Waals surface area contributed by atoms with Crippen molar-refractivity contribution in [1.82, 2.24) is 5.27 Å². The number of rotatable bonds is 3. The lowest BCUT2D eigenvalue weighted by atomic mass is 10.00. The highest BCUT2D eigenvalue weighted by molar-refractivity contribution is 6.03. The van der Waals surface area contributed by atoms with Crippen LogP contribution in [0, 0.1) is 0 Å². The second-order valence-corrected chi connectivity index (χ2v) is 5.82. The molecule has 2 unspecified atom stereocenters.